The minimum absolute atomic E-state index is 0.0597. The van der Waals surface area contributed by atoms with Crippen molar-refractivity contribution in [1.82, 2.24) is 0 Å². The predicted octanol–water partition coefficient (Wildman–Crippen LogP) is 5.34. The molecule has 0 amide bonds. The predicted molar refractivity (Wildman–Crippen MR) is 118 cm³/mol. The van der Waals surface area contributed by atoms with Crippen molar-refractivity contribution in [3.63, 3.8) is 0 Å². The molecule has 0 radical (unpaired) electrons. The minimum atomic E-state index is -2.79. The van der Waals surface area contributed by atoms with Crippen LogP contribution in [0.15, 0.2) is 36.4 Å². The maximum atomic E-state index is 12.6. The molecule has 6 heteroatoms. The molecule has 0 N–H and O–H groups in total. The molecule has 0 aromatic heterocycles. The van der Waals surface area contributed by atoms with Crippen molar-refractivity contribution in [1.29, 1.82) is 0 Å². The van der Waals surface area contributed by atoms with Crippen molar-refractivity contribution in [2.75, 3.05) is 0 Å². The van der Waals surface area contributed by atoms with Crippen LogP contribution in [0.4, 0.5) is 0 Å². The zero-order chi connectivity index (χ0) is 21.2. The average Bonchev–Trinajstić information content (AvgIpc) is 2.96. The Morgan fingerprint density at radius 2 is 1.86 bits per heavy atom. The first-order valence-electron chi connectivity index (χ1n) is 10.6. The van der Waals surface area contributed by atoms with Crippen molar-refractivity contribution in [2.45, 2.75) is 77.0 Å². The molecule has 1 aliphatic heterocycles. The molecule has 1 aromatic carbocycles. The Balaban J connectivity index is 1.74. The summed E-state index contributed by atoms with van der Waals surface area (Å²) in [6.45, 7) is 16.0. The molecule has 1 heterocycles. The van der Waals surface area contributed by atoms with E-state index in [1.165, 1.54) is 0 Å². The number of hydrogen-bond donors (Lipinski definition) is 0. The Morgan fingerprint density at radius 1 is 1.21 bits per heavy atom. The molecule has 3 saturated carbocycles. The van der Waals surface area contributed by atoms with E-state index < -0.39 is 28.4 Å². The molecular formula is C23H34O4SeSi. The van der Waals surface area contributed by atoms with E-state index in [1.807, 2.05) is 18.2 Å². The molecule has 29 heavy (non-hydrogen) atoms. The topological polar surface area (TPSA) is 44.8 Å². The van der Waals surface area contributed by atoms with Gasteiger partial charge in [0.2, 0.25) is 0 Å². The quantitative estimate of drug-likeness (QED) is 0.545. The van der Waals surface area contributed by atoms with E-state index in [2.05, 4.69) is 72.0 Å². The monoisotopic (exact) mass is 482 g/mol. The fraction of sp³-hybridized carbons (Fsp3) is 0.652. The number of benzene rings is 1. The molecule has 2 bridgehead atoms. The second kappa shape index (κ2) is 6.94. The SMILES string of the molecule is CC1(C)[C@@H]2C[C@H]1[C@@]1(/C=C/c3ccccc3)O[Se](=O)O[C@H]1[C@@H]2O[Si](C)(C)C(C)(C)C. The zero-order valence-corrected chi connectivity index (χ0v) is 21.3. The van der Waals surface area contributed by atoms with Crippen molar-refractivity contribution in [2.24, 2.45) is 17.3 Å². The van der Waals surface area contributed by atoms with Crippen LogP contribution in [0.2, 0.25) is 18.1 Å². The normalized spacial score (nSPS) is 38.7. The van der Waals surface area contributed by atoms with Crippen molar-refractivity contribution < 1.29 is 15.9 Å². The van der Waals surface area contributed by atoms with E-state index in [1.54, 1.807) is 0 Å². The van der Waals surface area contributed by atoms with E-state index >= 15 is 0 Å². The molecule has 1 unspecified atom stereocenters. The van der Waals surface area contributed by atoms with Gasteiger partial charge in [0.1, 0.15) is 0 Å². The van der Waals surface area contributed by atoms with Crippen molar-refractivity contribution in [3.05, 3.63) is 42.0 Å². The second-order valence-corrected chi connectivity index (χ2v) is 17.3. The number of hydrogen-bond acceptors (Lipinski definition) is 4. The molecule has 1 aromatic rings. The van der Waals surface area contributed by atoms with Crippen LogP contribution in [0.5, 0.6) is 0 Å². The average molecular weight is 482 g/mol. The van der Waals surface area contributed by atoms with Crippen LogP contribution in [0.25, 0.3) is 6.08 Å². The summed E-state index contributed by atoms with van der Waals surface area (Å²) in [5, 5.41) is 0.104. The molecular weight excluding hydrogens is 447 g/mol. The van der Waals surface area contributed by atoms with Crippen LogP contribution >= 0.6 is 0 Å². The Kier molecular flexibility index (Phi) is 5.17. The van der Waals surface area contributed by atoms with Gasteiger partial charge in [-0.25, -0.2) is 0 Å². The van der Waals surface area contributed by atoms with Gasteiger partial charge in [0.15, 0.2) is 0 Å². The van der Waals surface area contributed by atoms with E-state index in [0.717, 1.165) is 12.0 Å². The van der Waals surface area contributed by atoms with Crippen molar-refractivity contribution in [3.8, 4) is 0 Å². The van der Waals surface area contributed by atoms with E-state index in [-0.39, 0.29) is 28.6 Å². The summed E-state index contributed by atoms with van der Waals surface area (Å²) in [6, 6.07) is 10.2. The first kappa shape index (κ1) is 21.6. The summed E-state index contributed by atoms with van der Waals surface area (Å²) < 4.78 is 31.7. The molecule has 0 spiro atoms. The standard InChI is InChI=1S/C23H34O4SeSi/c1-21(2,3)29(6,7)26-19-17-15-18(22(17,4)5)23(20(19)25-28(24)27-23)14-13-16-11-9-8-10-12-16/h8-14,17-20H,15H2,1-7H3/b14-13+/t17-,18-,19-,20+,23-,28?/m1/s1. The van der Waals surface area contributed by atoms with Crippen LogP contribution in [0, 0.1) is 17.3 Å². The van der Waals surface area contributed by atoms with Gasteiger partial charge in [0.05, 0.1) is 0 Å². The van der Waals surface area contributed by atoms with Crippen LogP contribution in [-0.4, -0.2) is 40.6 Å². The summed E-state index contributed by atoms with van der Waals surface area (Å²) in [5.74, 6) is 0.692. The summed E-state index contributed by atoms with van der Waals surface area (Å²) in [6.07, 6.45) is 4.87. The summed E-state index contributed by atoms with van der Waals surface area (Å²) in [5.41, 5.74) is 0.497. The third kappa shape index (κ3) is 3.37. The molecule has 160 valence electrons. The van der Waals surface area contributed by atoms with Crippen molar-refractivity contribution >= 4 is 28.9 Å². The first-order chi connectivity index (χ1) is 13.4. The van der Waals surface area contributed by atoms with Gasteiger partial charge in [0.25, 0.3) is 0 Å². The van der Waals surface area contributed by atoms with Gasteiger partial charge in [-0.15, -0.1) is 0 Å². The van der Waals surface area contributed by atoms with Gasteiger partial charge in [-0.05, 0) is 0 Å². The Labute approximate surface area is 180 Å². The van der Waals surface area contributed by atoms with Gasteiger partial charge in [-0.1, -0.05) is 0 Å². The fourth-order valence-electron chi connectivity index (χ4n) is 5.10. The second-order valence-electron chi connectivity index (χ2n) is 11.0. The Hall–Kier alpha value is -0.624. The third-order valence-electron chi connectivity index (χ3n) is 8.00. The Bertz CT molecular complexity index is 829. The van der Waals surface area contributed by atoms with Crippen LogP contribution in [0.3, 0.4) is 0 Å². The molecule has 4 fully saturated rings. The van der Waals surface area contributed by atoms with E-state index in [0.29, 0.717) is 5.92 Å². The van der Waals surface area contributed by atoms with Crippen LogP contribution < -0.4 is 0 Å². The zero-order valence-electron chi connectivity index (χ0n) is 18.6. The van der Waals surface area contributed by atoms with Gasteiger partial charge in [0, 0.05) is 0 Å². The molecule has 5 rings (SSSR count). The van der Waals surface area contributed by atoms with Gasteiger partial charge in [-0.2, -0.15) is 0 Å². The summed E-state index contributed by atoms with van der Waals surface area (Å²) in [4.78, 5) is 0. The molecule has 3 aliphatic carbocycles. The maximum absolute atomic E-state index is 12.6. The van der Waals surface area contributed by atoms with E-state index in [4.69, 9.17) is 12.1 Å². The fourth-order valence-corrected chi connectivity index (χ4v) is 8.45. The molecule has 4 aliphatic rings. The van der Waals surface area contributed by atoms with Gasteiger partial charge >= 0.3 is 181 Å². The molecule has 1 saturated heterocycles. The van der Waals surface area contributed by atoms with Gasteiger partial charge in [-0.3, -0.25) is 0 Å². The van der Waals surface area contributed by atoms with E-state index in [9.17, 15) is 3.83 Å². The summed E-state index contributed by atoms with van der Waals surface area (Å²) >= 11 is -2.79. The molecule has 4 nitrogen and oxygen atoms in total. The molecule has 6 atom stereocenters. The Morgan fingerprint density at radius 3 is 2.45 bits per heavy atom. The number of rotatable bonds is 4. The van der Waals surface area contributed by atoms with Gasteiger partial charge < -0.3 is 0 Å². The summed E-state index contributed by atoms with van der Waals surface area (Å²) in [7, 11) is -2.02. The van der Waals surface area contributed by atoms with Crippen LogP contribution in [-0.2, 0) is 15.9 Å². The third-order valence-corrected chi connectivity index (χ3v) is 14.1. The first-order valence-corrected chi connectivity index (χ1v) is 15.6. The van der Waals surface area contributed by atoms with Crippen LogP contribution in [0.1, 0.15) is 46.6 Å².